The first-order valence-electron chi connectivity index (χ1n) is 13.3. The summed E-state index contributed by atoms with van der Waals surface area (Å²) >= 11 is 0. The van der Waals surface area contributed by atoms with Gasteiger partial charge in [-0.05, 0) is 78.1 Å². The molecule has 39 heavy (non-hydrogen) atoms. The van der Waals surface area contributed by atoms with Crippen LogP contribution in [0.5, 0.6) is 0 Å². The fourth-order valence-corrected chi connectivity index (χ4v) is 4.42. The van der Waals surface area contributed by atoms with Crippen LogP contribution in [0, 0.1) is 12.8 Å². The van der Waals surface area contributed by atoms with Gasteiger partial charge in [0.2, 0.25) is 0 Å². The third-order valence-corrected chi connectivity index (χ3v) is 5.97. The normalized spacial score (nSPS) is 17.6. The van der Waals surface area contributed by atoms with Gasteiger partial charge in [-0.25, -0.2) is 14.6 Å². The number of amides is 2. The van der Waals surface area contributed by atoms with Crippen LogP contribution in [0.1, 0.15) is 58.4 Å². The van der Waals surface area contributed by atoms with Crippen LogP contribution in [0.25, 0.3) is 0 Å². The van der Waals surface area contributed by atoms with E-state index in [1.54, 1.807) is 9.80 Å². The molecule has 0 unspecified atom stereocenters. The molecule has 2 aromatic rings. The summed E-state index contributed by atoms with van der Waals surface area (Å²) in [6.45, 7) is 13.9. The fourth-order valence-electron chi connectivity index (χ4n) is 4.42. The zero-order chi connectivity index (χ0) is 28.8. The Bertz CT molecular complexity index is 1140. The molecule has 0 N–H and O–H groups in total. The summed E-state index contributed by atoms with van der Waals surface area (Å²) in [5, 5.41) is 0. The van der Waals surface area contributed by atoms with Crippen LogP contribution in [0.3, 0.4) is 0 Å². The van der Waals surface area contributed by atoms with Crippen molar-refractivity contribution in [2.75, 3.05) is 24.6 Å². The molecule has 1 saturated heterocycles. The lowest BCUT2D eigenvalue weighted by molar-refractivity contribution is -0.114. The van der Waals surface area contributed by atoms with Crippen molar-refractivity contribution in [2.24, 2.45) is 5.92 Å². The molecule has 0 aliphatic carbocycles. The Kier molecular flexibility index (Phi) is 9.72. The monoisotopic (exact) mass is 539 g/mol. The van der Waals surface area contributed by atoms with Gasteiger partial charge in [0.05, 0.1) is 19.2 Å². The summed E-state index contributed by atoms with van der Waals surface area (Å²) in [5.41, 5.74) is 1.34. The van der Waals surface area contributed by atoms with E-state index in [0.717, 1.165) is 16.8 Å². The van der Waals surface area contributed by atoms with E-state index in [0.29, 0.717) is 38.2 Å². The van der Waals surface area contributed by atoms with Crippen molar-refractivity contribution >= 4 is 24.3 Å². The second-order valence-electron chi connectivity index (χ2n) is 11.9. The van der Waals surface area contributed by atoms with Crippen LogP contribution < -0.4 is 4.90 Å². The second-order valence-corrected chi connectivity index (χ2v) is 11.9. The van der Waals surface area contributed by atoms with Crippen LogP contribution >= 0.6 is 0 Å². The molecule has 1 aromatic heterocycles. The number of carbonyl (C=O) groups excluding carboxylic acids is 3. The molecule has 212 valence electrons. The summed E-state index contributed by atoms with van der Waals surface area (Å²) in [5.74, 6) is 0.374. The maximum absolute atomic E-state index is 13.3. The highest BCUT2D eigenvalue weighted by Crippen LogP contribution is 2.27. The van der Waals surface area contributed by atoms with Gasteiger partial charge in [0, 0.05) is 18.2 Å². The van der Waals surface area contributed by atoms with Crippen LogP contribution in [0.2, 0.25) is 0 Å². The highest BCUT2D eigenvalue weighted by molar-refractivity contribution is 5.86. The molecular formula is C30H41N3O6. The Labute approximate surface area is 231 Å². The number of aromatic nitrogens is 1. The molecule has 2 atom stereocenters. The van der Waals surface area contributed by atoms with E-state index < -0.39 is 23.4 Å². The highest BCUT2D eigenvalue weighted by atomic mass is 16.6. The van der Waals surface area contributed by atoms with Gasteiger partial charge in [-0.3, -0.25) is 4.90 Å². The van der Waals surface area contributed by atoms with E-state index in [2.05, 4.69) is 0 Å². The summed E-state index contributed by atoms with van der Waals surface area (Å²) in [7, 11) is 0. The molecule has 2 heterocycles. The van der Waals surface area contributed by atoms with Crippen molar-refractivity contribution in [2.45, 2.75) is 78.7 Å². The number of pyridine rings is 1. The zero-order valence-electron chi connectivity index (χ0n) is 24.1. The molecule has 9 heteroatoms. The molecule has 3 rings (SSSR count). The molecule has 1 fully saturated rings. The number of aldehydes is 1. The minimum absolute atomic E-state index is 0.0562. The number of likely N-dealkylation sites (tertiary alicyclic amines) is 1. The van der Waals surface area contributed by atoms with E-state index in [4.69, 9.17) is 19.2 Å². The standard InChI is InChI=1S/C30H41N3O6/c1-21-15-24(17-23-19-32(20-25(23)37-14-13-34)27(35)38-29(2,3)4)31-26(16-21)33(28(36)39-30(5,6)7)18-22-11-9-8-10-12-22/h8-13,15-16,23,25H,14,17-20H2,1-7H3/t23-,25+/m0/s1. The van der Waals surface area contributed by atoms with Crippen molar-refractivity contribution in [3.05, 3.63) is 59.3 Å². The first-order valence-corrected chi connectivity index (χ1v) is 13.3. The molecule has 9 nitrogen and oxygen atoms in total. The van der Waals surface area contributed by atoms with Gasteiger partial charge in [0.1, 0.15) is 29.9 Å². The summed E-state index contributed by atoms with van der Waals surface area (Å²) < 4.78 is 17.1. The Morgan fingerprint density at radius 2 is 1.69 bits per heavy atom. The number of benzene rings is 1. The Balaban J connectivity index is 1.88. The lowest BCUT2D eigenvalue weighted by atomic mass is 9.98. The van der Waals surface area contributed by atoms with Gasteiger partial charge in [-0.15, -0.1) is 0 Å². The minimum atomic E-state index is -0.670. The third kappa shape index (κ3) is 9.35. The van der Waals surface area contributed by atoms with Gasteiger partial charge in [0.15, 0.2) is 0 Å². The summed E-state index contributed by atoms with van der Waals surface area (Å²) in [6, 6.07) is 13.5. The lowest BCUT2D eigenvalue weighted by Crippen LogP contribution is -2.37. The minimum Gasteiger partial charge on any atom is -0.444 e. The smallest absolute Gasteiger partial charge is 0.416 e. The number of carbonyl (C=O) groups is 3. The van der Waals surface area contributed by atoms with Gasteiger partial charge >= 0.3 is 12.2 Å². The van der Waals surface area contributed by atoms with E-state index >= 15 is 0 Å². The topological polar surface area (TPSA) is 98.3 Å². The average molecular weight is 540 g/mol. The van der Waals surface area contributed by atoms with Crippen molar-refractivity contribution in [3.8, 4) is 0 Å². The SMILES string of the molecule is Cc1cc(C[C@H]2CN(C(=O)OC(C)(C)C)C[C@H]2OCC=O)nc(N(Cc2ccccc2)C(=O)OC(C)(C)C)c1. The summed E-state index contributed by atoms with van der Waals surface area (Å²) in [6.07, 6.45) is -0.0513. The molecule has 0 spiro atoms. The van der Waals surface area contributed by atoms with E-state index in [1.807, 2.05) is 90.9 Å². The van der Waals surface area contributed by atoms with Gasteiger partial charge in [-0.1, -0.05) is 30.3 Å². The van der Waals surface area contributed by atoms with Gasteiger partial charge < -0.3 is 23.9 Å². The molecule has 1 aliphatic heterocycles. The molecule has 0 saturated carbocycles. The van der Waals surface area contributed by atoms with Crippen LogP contribution in [0.4, 0.5) is 15.4 Å². The summed E-state index contributed by atoms with van der Waals surface area (Å²) in [4.78, 5) is 45.1. The van der Waals surface area contributed by atoms with Crippen LogP contribution in [-0.2, 0) is 32.0 Å². The molecule has 1 aromatic carbocycles. The first kappa shape index (κ1) is 30.1. The Morgan fingerprint density at radius 1 is 1.03 bits per heavy atom. The highest BCUT2D eigenvalue weighted by Gasteiger charge is 2.38. The average Bonchev–Trinajstić information content (AvgIpc) is 3.22. The predicted octanol–water partition coefficient (Wildman–Crippen LogP) is 5.33. The predicted molar refractivity (Wildman–Crippen MR) is 149 cm³/mol. The fraction of sp³-hybridized carbons (Fsp3) is 0.533. The Hall–Kier alpha value is -3.46. The van der Waals surface area contributed by atoms with Crippen LogP contribution in [0.15, 0.2) is 42.5 Å². The van der Waals surface area contributed by atoms with Crippen molar-refractivity contribution < 1.29 is 28.6 Å². The number of anilines is 1. The zero-order valence-corrected chi connectivity index (χ0v) is 24.1. The molecule has 1 aliphatic rings. The number of aryl methyl sites for hydroxylation is 1. The number of rotatable bonds is 8. The van der Waals surface area contributed by atoms with E-state index in [1.165, 1.54) is 0 Å². The van der Waals surface area contributed by atoms with E-state index in [9.17, 15) is 14.4 Å². The third-order valence-electron chi connectivity index (χ3n) is 5.97. The lowest BCUT2D eigenvalue weighted by Gasteiger charge is -2.27. The first-order chi connectivity index (χ1) is 18.2. The maximum Gasteiger partial charge on any atom is 0.416 e. The maximum atomic E-state index is 13.3. The van der Waals surface area contributed by atoms with Gasteiger partial charge in [0.25, 0.3) is 0 Å². The number of hydrogen-bond donors (Lipinski definition) is 0. The van der Waals surface area contributed by atoms with Crippen molar-refractivity contribution in [3.63, 3.8) is 0 Å². The molecular weight excluding hydrogens is 498 g/mol. The number of nitrogens with zero attached hydrogens (tertiary/aromatic N) is 3. The molecule has 2 amide bonds. The van der Waals surface area contributed by atoms with Crippen molar-refractivity contribution in [1.29, 1.82) is 0 Å². The molecule has 0 radical (unpaired) electrons. The van der Waals surface area contributed by atoms with Gasteiger partial charge in [-0.2, -0.15) is 0 Å². The second kappa shape index (κ2) is 12.6. The van der Waals surface area contributed by atoms with E-state index in [-0.39, 0.29) is 18.6 Å². The quantitative estimate of drug-likeness (QED) is 0.419. The number of hydrogen-bond acceptors (Lipinski definition) is 7. The van der Waals surface area contributed by atoms with Crippen LogP contribution in [-0.4, -0.2) is 65.4 Å². The van der Waals surface area contributed by atoms with Crippen molar-refractivity contribution in [1.82, 2.24) is 9.88 Å². The Morgan fingerprint density at radius 3 is 2.31 bits per heavy atom. The molecule has 0 bridgehead atoms. The largest absolute Gasteiger partial charge is 0.444 e. The number of ether oxygens (including phenoxy) is 3.